The third-order valence-corrected chi connectivity index (χ3v) is 6.13. The van der Waals surface area contributed by atoms with Gasteiger partial charge in [-0.15, -0.1) is 10.2 Å². The molecule has 2 aromatic heterocycles. The number of nitro groups is 1. The van der Waals surface area contributed by atoms with Crippen LogP contribution in [0.1, 0.15) is 11.1 Å². The van der Waals surface area contributed by atoms with Crippen LogP contribution in [0.25, 0.3) is 11.4 Å². The maximum absolute atomic E-state index is 12.6. The minimum atomic E-state index is -0.486. The van der Waals surface area contributed by atoms with Gasteiger partial charge in [0.05, 0.1) is 16.4 Å². The molecule has 0 saturated carbocycles. The lowest BCUT2D eigenvalue weighted by atomic mass is 10.1. The highest BCUT2D eigenvalue weighted by molar-refractivity contribution is 7.99. The molecule has 2 aromatic carbocycles. The van der Waals surface area contributed by atoms with Crippen molar-refractivity contribution in [3.8, 4) is 11.4 Å². The third kappa shape index (κ3) is 5.65. The van der Waals surface area contributed by atoms with E-state index < -0.39 is 4.92 Å². The summed E-state index contributed by atoms with van der Waals surface area (Å²) in [6, 6.07) is 18.2. The lowest BCUT2D eigenvalue weighted by Gasteiger charge is -2.11. The van der Waals surface area contributed by atoms with Crippen LogP contribution in [-0.2, 0) is 17.8 Å². The summed E-state index contributed by atoms with van der Waals surface area (Å²) in [4.78, 5) is 27.2. The van der Waals surface area contributed by atoms with E-state index >= 15 is 0 Å². The van der Waals surface area contributed by atoms with Crippen LogP contribution >= 0.6 is 11.8 Å². The fraction of sp³-hybridized carbons (Fsp3) is 0.167. The first-order chi connectivity index (χ1) is 16.5. The Balaban J connectivity index is 1.50. The molecule has 4 aromatic rings. The molecule has 0 unspecified atom stereocenters. The topological polar surface area (TPSA) is 116 Å². The quantitative estimate of drug-likeness (QED) is 0.215. The van der Waals surface area contributed by atoms with Crippen LogP contribution < -0.4 is 5.32 Å². The number of amides is 1. The molecule has 172 valence electrons. The minimum absolute atomic E-state index is 0.0730. The maximum Gasteiger partial charge on any atom is 0.271 e. The Morgan fingerprint density at radius 3 is 2.59 bits per heavy atom. The Morgan fingerprint density at radius 2 is 1.85 bits per heavy atom. The predicted molar refractivity (Wildman–Crippen MR) is 131 cm³/mol. The standard InChI is InChI=1S/C24H22N6O3S/c1-17-7-8-20(30(32)33)15-21(17)26-22(31)16-34-24-28-27-23(19-9-12-25-13-10-19)29(24)14-11-18-5-3-2-4-6-18/h2-10,12-13,15H,11,14,16H2,1H3,(H,26,31). The third-order valence-electron chi connectivity index (χ3n) is 5.16. The van der Waals surface area contributed by atoms with Crippen molar-refractivity contribution in [1.29, 1.82) is 0 Å². The van der Waals surface area contributed by atoms with E-state index in [4.69, 9.17) is 0 Å². The number of aromatic nitrogens is 4. The molecule has 0 bridgehead atoms. The van der Waals surface area contributed by atoms with Gasteiger partial charge in [-0.1, -0.05) is 48.2 Å². The van der Waals surface area contributed by atoms with Crippen LogP contribution in [0.5, 0.6) is 0 Å². The van der Waals surface area contributed by atoms with Crippen molar-refractivity contribution < 1.29 is 9.72 Å². The molecule has 0 aliphatic heterocycles. The van der Waals surface area contributed by atoms with Gasteiger partial charge in [0.15, 0.2) is 11.0 Å². The molecule has 0 saturated heterocycles. The number of carbonyl (C=O) groups excluding carboxylic acids is 1. The Labute approximate surface area is 200 Å². The number of hydrogen-bond acceptors (Lipinski definition) is 7. The van der Waals surface area contributed by atoms with E-state index in [9.17, 15) is 14.9 Å². The lowest BCUT2D eigenvalue weighted by Crippen LogP contribution is -2.16. The zero-order chi connectivity index (χ0) is 23.9. The Bertz CT molecular complexity index is 1290. The maximum atomic E-state index is 12.6. The number of thioether (sulfide) groups is 1. The first-order valence-corrected chi connectivity index (χ1v) is 11.5. The van der Waals surface area contributed by atoms with Gasteiger partial charge in [0, 0.05) is 36.6 Å². The molecule has 0 aliphatic carbocycles. The molecule has 9 nitrogen and oxygen atoms in total. The smallest absolute Gasteiger partial charge is 0.271 e. The first kappa shape index (κ1) is 23.1. The van der Waals surface area contributed by atoms with E-state index in [-0.39, 0.29) is 17.3 Å². The largest absolute Gasteiger partial charge is 0.325 e. The van der Waals surface area contributed by atoms with Crippen LogP contribution in [0.3, 0.4) is 0 Å². The van der Waals surface area contributed by atoms with Crippen molar-refractivity contribution in [2.75, 3.05) is 11.1 Å². The number of carbonyl (C=O) groups is 1. The summed E-state index contributed by atoms with van der Waals surface area (Å²) >= 11 is 1.27. The number of hydrogen-bond donors (Lipinski definition) is 1. The van der Waals surface area contributed by atoms with Gasteiger partial charge >= 0.3 is 0 Å². The van der Waals surface area contributed by atoms with Gasteiger partial charge in [0.25, 0.3) is 5.69 Å². The van der Waals surface area contributed by atoms with Crippen molar-refractivity contribution in [3.63, 3.8) is 0 Å². The summed E-state index contributed by atoms with van der Waals surface area (Å²) in [7, 11) is 0. The molecule has 0 fully saturated rings. The Morgan fingerprint density at radius 1 is 1.09 bits per heavy atom. The average molecular weight is 475 g/mol. The van der Waals surface area contributed by atoms with E-state index in [0.717, 1.165) is 17.5 Å². The van der Waals surface area contributed by atoms with Crippen LogP contribution in [0.4, 0.5) is 11.4 Å². The van der Waals surface area contributed by atoms with Crippen molar-refractivity contribution in [1.82, 2.24) is 19.7 Å². The van der Waals surface area contributed by atoms with Crippen molar-refractivity contribution >= 4 is 29.0 Å². The van der Waals surface area contributed by atoms with Gasteiger partial charge < -0.3 is 9.88 Å². The number of aryl methyl sites for hydroxylation is 2. The van der Waals surface area contributed by atoms with E-state index in [1.54, 1.807) is 25.4 Å². The van der Waals surface area contributed by atoms with Gasteiger partial charge in [0.2, 0.25) is 5.91 Å². The van der Waals surface area contributed by atoms with Crippen LogP contribution in [-0.4, -0.2) is 36.3 Å². The zero-order valence-electron chi connectivity index (χ0n) is 18.4. The fourth-order valence-electron chi connectivity index (χ4n) is 3.37. The van der Waals surface area contributed by atoms with Crippen molar-refractivity contribution in [2.24, 2.45) is 0 Å². The summed E-state index contributed by atoms with van der Waals surface area (Å²) in [6.45, 7) is 2.43. The highest BCUT2D eigenvalue weighted by atomic mass is 32.2. The van der Waals surface area contributed by atoms with Gasteiger partial charge in [-0.05, 0) is 36.6 Å². The van der Waals surface area contributed by atoms with Gasteiger partial charge in [-0.3, -0.25) is 19.9 Å². The van der Waals surface area contributed by atoms with Crippen molar-refractivity contribution in [2.45, 2.75) is 25.0 Å². The molecule has 1 N–H and O–H groups in total. The normalized spacial score (nSPS) is 10.7. The Hall–Kier alpha value is -4.05. The number of nitrogens with one attached hydrogen (secondary N) is 1. The summed E-state index contributed by atoms with van der Waals surface area (Å²) < 4.78 is 2.00. The average Bonchev–Trinajstić information content (AvgIpc) is 3.26. The van der Waals surface area contributed by atoms with E-state index in [1.165, 1.54) is 29.5 Å². The molecule has 2 heterocycles. The summed E-state index contributed by atoms with van der Waals surface area (Å²) in [5.74, 6) is 0.509. The first-order valence-electron chi connectivity index (χ1n) is 10.6. The molecule has 1 amide bonds. The minimum Gasteiger partial charge on any atom is -0.325 e. The van der Waals surface area contributed by atoms with Gasteiger partial charge in [-0.25, -0.2) is 0 Å². The molecule has 34 heavy (non-hydrogen) atoms. The molecule has 0 atom stereocenters. The number of pyridine rings is 1. The molecular weight excluding hydrogens is 452 g/mol. The second kappa shape index (κ2) is 10.7. The SMILES string of the molecule is Cc1ccc([N+](=O)[O-])cc1NC(=O)CSc1nnc(-c2ccncc2)n1CCc1ccccc1. The van der Waals surface area contributed by atoms with E-state index in [1.807, 2.05) is 34.9 Å². The number of nitro benzene ring substituents is 1. The fourth-order valence-corrected chi connectivity index (χ4v) is 4.14. The van der Waals surface area contributed by atoms with Crippen LogP contribution in [0.2, 0.25) is 0 Å². The molecular formula is C24H22N6O3S. The van der Waals surface area contributed by atoms with Crippen molar-refractivity contribution in [3.05, 3.63) is 94.3 Å². The van der Waals surface area contributed by atoms with E-state index in [2.05, 4.69) is 32.6 Å². The van der Waals surface area contributed by atoms with Gasteiger partial charge in [-0.2, -0.15) is 0 Å². The molecule has 10 heteroatoms. The van der Waals surface area contributed by atoms with Crippen LogP contribution in [0, 0.1) is 17.0 Å². The number of non-ortho nitro benzene ring substituents is 1. The predicted octanol–water partition coefficient (Wildman–Crippen LogP) is 4.53. The number of nitrogens with zero attached hydrogens (tertiary/aromatic N) is 5. The number of anilines is 1. The monoisotopic (exact) mass is 474 g/mol. The lowest BCUT2D eigenvalue weighted by molar-refractivity contribution is -0.384. The number of benzene rings is 2. The summed E-state index contributed by atoms with van der Waals surface area (Å²) in [5, 5.41) is 23.1. The molecule has 0 spiro atoms. The van der Waals surface area contributed by atoms with Gasteiger partial charge in [0.1, 0.15) is 0 Å². The number of rotatable bonds is 9. The molecule has 0 aliphatic rings. The molecule has 0 radical (unpaired) electrons. The summed E-state index contributed by atoms with van der Waals surface area (Å²) in [6.07, 6.45) is 4.18. The highest BCUT2D eigenvalue weighted by Crippen LogP contribution is 2.26. The summed E-state index contributed by atoms with van der Waals surface area (Å²) in [5.41, 5.74) is 3.17. The Kier molecular flexibility index (Phi) is 7.28. The second-order valence-corrected chi connectivity index (χ2v) is 8.46. The zero-order valence-corrected chi connectivity index (χ0v) is 19.2. The van der Waals surface area contributed by atoms with E-state index in [0.29, 0.717) is 23.2 Å². The second-order valence-electron chi connectivity index (χ2n) is 7.52. The van der Waals surface area contributed by atoms with Crippen LogP contribution in [0.15, 0.2) is 78.2 Å². The highest BCUT2D eigenvalue weighted by Gasteiger charge is 2.17. The molecule has 4 rings (SSSR count).